The molecule has 2 aromatic rings. The van der Waals surface area contributed by atoms with E-state index in [0.717, 1.165) is 0 Å². The topological polar surface area (TPSA) is 136 Å². The number of phenols is 1. The summed E-state index contributed by atoms with van der Waals surface area (Å²) in [5.74, 6) is -3.04. The smallest absolute Gasteiger partial charge is 0.311 e. The second-order valence-electron chi connectivity index (χ2n) is 9.49. The molecule has 9 heteroatoms. The van der Waals surface area contributed by atoms with Gasteiger partial charge in [-0.2, -0.15) is 0 Å². The number of esters is 2. The highest BCUT2D eigenvalue weighted by molar-refractivity contribution is 6.11. The summed E-state index contributed by atoms with van der Waals surface area (Å²) < 4.78 is 9.86. The number of Topliss-reactive ketones (excluding diaryl/α,β-unsaturated/α-hetero) is 1. The van der Waals surface area contributed by atoms with Gasteiger partial charge >= 0.3 is 11.9 Å². The fourth-order valence-electron chi connectivity index (χ4n) is 4.08. The van der Waals surface area contributed by atoms with Crippen LogP contribution in [0.25, 0.3) is 0 Å². The largest absolute Gasteiger partial charge is 0.507 e. The van der Waals surface area contributed by atoms with Gasteiger partial charge < -0.3 is 19.9 Å². The van der Waals surface area contributed by atoms with Crippen molar-refractivity contribution in [3.05, 3.63) is 72.1 Å². The second-order valence-corrected chi connectivity index (χ2v) is 9.49. The van der Waals surface area contributed by atoms with E-state index in [-0.39, 0.29) is 55.1 Å². The number of ether oxygens (including phenoxy) is 2. The molecule has 0 bridgehead atoms. The molecule has 2 atom stereocenters. The van der Waals surface area contributed by atoms with E-state index in [9.17, 15) is 29.1 Å². The normalized spacial score (nSPS) is 12.7. The fraction of sp³-hybridized carbons (Fsp3) is 0.379. The van der Waals surface area contributed by atoms with Gasteiger partial charge in [0.25, 0.3) is 0 Å². The minimum Gasteiger partial charge on any atom is -0.507 e. The van der Waals surface area contributed by atoms with Crippen molar-refractivity contribution in [2.75, 3.05) is 20.3 Å². The zero-order valence-corrected chi connectivity index (χ0v) is 22.0. The number of carbonyl (C=O) groups is 5. The first kappa shape index (κ1) is 30.2. The van der Waals surface area contributed by atoms with Crippen LogP contribution in [0, 0.1) is 17.8 Å². The van der Waals surface area contributed by atoms with E-state index in [4.69, 9.17) is 16.4 Å². The van der Waals surface area contributed by atoms with Crippen LogP contribution in [0.2, 0.25) is 0 Å². The van der Waals surface area contributed by atoms with Crippen molar-refractivity contribution in [2.24, 2.45) is 10.8 Å². The van der Waals surface area contributed by atoms with Crippen LogP contribution in [0.1, 0.15) is 66.3 Å². The lowest BCUT2D eigenvalue weighted by Crippen LogP contribution is -2.40. The molecule has 2 N–H and O–H groups in total. The summed E-state index contributed by atoms with van der Waals surface area (Å²) in [5.41, 5.74) is -2.19. The van der Waals surface area contributed by atoms with E-state index < -0.39 is 34.5 Å². The maximum Gasteiger partial charge on any atom is 0.311 e. The Morgan fingerprint density at radius 3 is 2.21 bits per heavy atom. The van der Waals surface area contributed by atoms with Crippen LogP contribution in [-0.2, 0) is 23.9 Å². The van der Waals surface area contributed by atoms with Crippen molar-refractivity contribution < 1.29 is 38.6 Å². The van der Waals surface area contributed by atoms with Crippen molar-refractivity contribution in [3.8, 4) is 5.75 Å². The van der Waals surface area contributed by atoms with Crippen molar-refractivity contribution in [3.63, 3.8) is 0 Å². The molecule has 2 rings (SSSR count). The van der Waals surface area contributed by atoms with Crippen molar-refractivity contribution in [2.45, 2.75) is 40.0 Å². The van der Waals surface area contributed by atoms with E-state index in [1.54, 1.807) is 44.2 Å². The number of benzene rings is 2. The molecule has 0 spiro atoms. The Labute approximate surface area is 222 Å². The Bertz CT molecular complexity index is 1190. The van der Waals surface area contributed by atoms with Gasteiger partial charge in [-0.3, -0.25) is 24.0 Å². The number of ketones is 2. The molecule has 9 nitrogen and oxygen atoms in total. The molecule has 0 heterocycles. The fourth-order valence-corrected chi connectivity index (χ4v) is 4.08. The Kier molecular flexibility index (Phi) is 10.3. The molecular formula is C29H33NO8. The Morgan fingerprint density at radius 1 is 0.974 bits per heavy atom. The number of aromatic hydroxyl groups is 1. The zero-order chi connectivity index (χ0) is 28.5. The van der Waals surface area contributed by atoms with Crippen molar-refractivity contribution in [1.29, 1.82) is 0 Å². The van der Waals surface area contributed by atoms with E-state index in [0.29, 0.717) is 5.56 Å². The van der Waals surface area contributed by atoms with Crippen LogP contribution < -0.4 is 5.32 Å². The Balaban J connectivity index is 2.01. The summed E-state index contributed by atoms with van der Waals surface area (Å²) in [6.45, 7) is 10.4. The first-order chi connectivity index (χ1) is 17.8. The van der Waals surface area contributed by atoms with Gasteiger partial charge in [0.15, 0.2) is 11.6 Å². The molecule has 0 aromatic heterocycles. The average Bonchev–Trinajstić information content (AvgIpc) is 2.89. The summed E-state index contributed by atoms with van der Waals surface area (Å²) in [6, 6.07) is 12.3. The van der Waals surface area contributed by atoms with Crippen LogP contribution in [0.3, 0.4) is 0 Å². The molecule has 202 valence electrons. The minimum absolute atomic E-state index is 0.00667. The number of carbonyl (C=O) groups excluding carboxylic acids is 5. The van der Waals surface area contributed by atoms with Gasteiger partial charge in [-0.15, -0.1) is 0 Å². The highest BCUT2D eigenvalue weighted by Crippen LogP contribution is 2.39. The second kappa shape index (κ2) is 13.0. The molecule has 1 amide bonds. The lowest BCUT2D eigenvalue weighted by atomic mass is 9.71. The predicted molar refractivity (Wildman–Crippen MR) is 138 cm³/mol. The summed E-state index contributed by atoms with van der Waals surface area (Å²) >= 11 is 0. The monoisotopic (exact) mass is 523 g/mol. The number of methoxy groups -OCH3 is 1. The molecule has 2 unspecified atom stereocenters. The van der Waals surface area contributed by atoms with E-state index in [1.165, 1.54) is 32.2 Å². The summed E-state index contributed by atoms with van der Waals surface area (Å²) in [7, 11) is 1.19. The van der Waals surface area contributed by atoms with Crippen LogP contribution in [0.15, 0.2) is 48.5 Å². The van der Waals surface area contributed by atoms with Crippen LogP contribution in [-0.4, -0.2) is 54.8 Å². The van der Waals surface area contributed by atoms with Gasteiger partial charge in [-0.1, -0.05) is 36.4 Å². The molecule has 0 fully saturated rings. The highest BCUT2D eigenvalue weighted by atomic mass is 16.5. The van der Waals surface area contributed by atoms with Gasteiger partial charge in [0.05, 0.1) is 36.7 Å². The van der Waals surface area contributed by atoms with Crippen LogP contribution in [0.5, 0.6) is 5.75 Å². The molecule has 0 saturated carbocycles. The minimum atomic E-state index is -1.49. The standard InChI is InChI=1S/C29H33NO8/c1-6-38-27(36)29(4,18-28(2,3)26(35)37-5)15-14-24(33)30-17-23(32)20-12-13-21(22(31)16-20)25(34)19-10-8-7-9-11-19/h2,7-13,16,31H,6,14-15,17-18H2,1,3-5H3,(H,30,33). The van der Waals surface area contributed by atoms with Crippen molar-refractivity contribution >= 4 is 29.4 Å². The number of hydrogen-bond acceptors (Lipinski definition) is 8. The molecule has 38 heavy (non-hydrogen) atoms. The number of rotatable bonds is 13. The zero-order valence-electron chi connectivity index (χ0n) is 22.0. The summed E-state index contributed by atoms with van der Waals surface area (Å²) in [4.78, 5) is 62.4. The Hall–Kier alpha value is -4.01. The number of phenolic OH excluding ortho intramolecular Hbond substituents is 1. The molecule has 2 radical (unpaired) electrons. The van der Waals surface area contributed by atoms with Gasteiger partial charge in [-0.05, 0) is 52.7 Å². The predicted octanol–water partition coefficient (Wildman–Crippen LogP) is 3.55. The average molecular weight is 524 g/mol. The molecule has 0 aliphatic rings. The summed E-state index contributed by atoms with van der Waals surface area (Å²) in [5, 5.41) is 12.8. The molecule has 0 aliphatic heterocycles. The van der Waals surface area contributed by atoms with E-state index >= 15 is 0 Å². The molecule has 0 saturated heterocycles. The maximum absolute atomic E-state index is 12.7. The van der Waals surface area contributed by atoms with Gasteiger partial charge in [-0.25, -0.2) is 0 Å². The van der Waals surface area contributed by atoms with Gasteiger partial charge in [0.2, 0.25) is 5.91 Å². The first-order valence-corrected chi connectivity index (χ1v) is 12.1. The third-order valence-corrected chi connectivity index (χ3v) is 6.13. The third kappa shape index (κ3) is 7.74. The van der Waals surface area contributed by atoms with E-state index in [2.05, 4.69) is 5.32 Å². The maximum atomic E-state index is 12.7. The lowest BCUT2D eigenvalue weighted by Gasteiger charge is -2.33. The first-order valence-electron chi connectivity index (χ1n) is 12.1. The third-order valence-electron chi connectivity index (χ3n) is 6.13. The van der Waals surface area contributed by atoms with Crippen LogP contribution >= 0.6 is 0 Å². The lowest BCUT2D eigenvalue weighted by molar-refractivity contribution is -0.160. The van der Waals surface area contributed by atoms with Gasteiger partial charge in [0, 0.05) is 17.5 Å². The molecular weight excluding hydrogens is 490 g/mol. The number of hydrogen-bond donors (Lipinski definition) is 2. The summed E-state index contributed by atoms with van der Waals surface area (Å²) in [6.07, 6.45) is -0.257. The van der Waals surface area contributed by atoms with E-state index in [1.807, 2.05) is 0 Å². The Morgan fingerprint density at radius 2 is 1.63 bits per heavy atom. The van der Waals surface area contributed by atoms with Gasteiger partial charge in [0.1, 0.15) is 5.75 Å². The quantitative estimate of drug-likeness (QED) is 0.301. The van der Waals surface area contributed by atoms with Crippen molar-refractivity contribution in [1.82, 2.24) is 5.32 Å². The molecule has 0 aliphatic carbocycles. The van der Waals surface area contributed by atoms with Crippen LogP contribution in [0.4, 0.5) is 0 Å². The molecule has 2 aromatic carbocycles. The SMILES string of the molecule is [CH]C(C)(CC(C)(CCC(=O)NCC(=O)c1ccc(C(=O)c2ccccc2)c(O)c1)C(=O)OCC)C(=O)OC. The highest BCUT2D eigenvalue weighted by Gasteiger charge is 2.44. The number of amides is 1. The number of nitrogens with one attached hydrogen (secondary N) is 1.